The van der Waals surface area contributed by atoms with Gasteiger partial charge in [0.15, 0.2) is 17.5 Å². The van der Waals surface area contributed by atoms with Gasteiger partial charge in [-0.05, 0) is 24.1 Å². The molecule has 5 nitrogen and oxygen atoms in total. The molecule has 1 aliphatic rings. The Kier molecular flexibility index (Phi) is 4.94. The fourth-order valence-corrected chi connectivity index (χ4v) is 2.15. The van der Waals surface area contributed by atoms with Crippen molar-refractivity contribution < 1.29 is 9.47 Å². The zero-order valence-electron chi connectivity index (χ0n) is 13.1. The molecule has 2 rings (SSSR count). The van der Waals surface area contributed by atoms with Crippen molar-refractivity contribution in [2.75, 3.05) is 26.3 Å². The summed E-state index contributed by atoms with van der Waals surface area (Å²) in [4.78, 5) is 4.43. The minimum absolute atomic E-state index is 0.117. The Balaban J connectivity index is 2.08. The molecule has 0 bridgehead atoms. The maximum atomic E-state index is 5.85. The third kappa shape index (κ3) is 4.03. The highest BCUT2D eigenvalue weighted by atomic mass is 16.6. The molecule has 5 heteroatoms. The zero-order valence-corrected chi connectivity index (χ0v) is 13.1. The minimum Gasteiger partial charge on any atom is -0.486 e. The second kappa shape index (κ2) is 6.70. The summed E-state index contributed by atoms with van der Waals surface area (Å²) in [6.07, 6.45) is 1.03. The summed E-state index contributed by atoms with van der Waals surface area (Å²) in [5, 5.41) is 3.09. The summed E-state index contributed by atoms with van der Waals surface area (Å²) in [5.74, 6) is 2.13. The number of hydrogen-bond donors (Lipinski definition) is 2. The van der Waals surface area contributed by atoms with E-state index in [1.165, 1.54) is 5.56 Å². The molecular weight excluding hydrogens is 266 g/mol. The van der Waals surface area contributed by atoms with Crippen LogP contribution in [0.5, 0.6) is 11.5 Å². The molecule has 1 aromatic rings. The predicted octanol–water partition coefficient (Wildman–Crippen LogP) is 2.05. The first kappa shape index (κ1) is 15.5. The van der Waals surface area contributed by atoms with E-state index in [9.17, 15) is 0 Å². The standard InChI is InChI=1S/C16H25N3O2/c1-4-7-18-15(17)19-11-16(2,3)12-5-6-13-14(10-12)21-9-8-20-13/h5-6,10H,4,7-9,11H2,1-3H3,(H3,17,18,19). The largest absolute Gasteiger partial charge is 0.486 e. The molecule has 0 radical (unpaired) electrons. The monoisotopic (exact) mass is 291 g/mol. The van der Waals surface area contributed by atoms with Gasteiger partial charge in [-0.25, -0.2) is 0 Å². The lowest BCUT2D eigenvalue weighted by Crippen LogP contribution is -2.34. The van der Waals surface area contributed by atoms with E-state index in [2.05, 4.69) is 37.1 Å². The van der Waals surface area contributed by atoms with Crippen LogP contribution in [-0.2, 0) is 5.41 Å². The van der Waals surface area contributed by atoms with Gasteiger partial charge >= 0.3 is 0 Å². The lowest BCUT2D eigenvalue weighted by molar-refractivity contribution is 0.171. The second-order valence-corrected chi connectivity index (χ2v) is 5.87. The van der Waals surface area contributed by atoms with E-state index in [0.717, 1.165) is 24.5 Å². The molecule has 0 atom stereocenters. The van der Waals surface area contributed by atoms with Crippen LogP contribution in [0.15, 0.2) is 23.2 Å². The molecule has 1 heterocycles. The van der Waals surface area contributed by atoms with Crippen LogP contribution in [0, 0.1) is 0 Å². The number of fused-ring (bicyclic) bond motifs is 1. The molecule has 1 aliphatic heterocycles. The highest BCUT2D eigenvalue weighted by Gasteiger charge is 2.23. The number of rotatable bonds is 5. The SMILES string of the molecule is CCCNC(N)=NCC(C)(C)c1ccc2c(c1)OCCO2. The first-order valence-electron chi connectivity index (χ1n) is 7.47. The van der Waals surface area contributed by atoms with Gasteiger partial charge in [0.05, 0.1) is 6.54 Å². The van der Waals surface area contributed by atoms with Gasteiger partial charge in [-0.15, -0.1) is 0 Å². The fourth-order valence-electron chi connectivity index (χ4n) is 2.15. The number of aliphatic imine (C=N–C) groups is 1. The Morgan fingerprint density at radius 2 is 2.00 bits per heavy atom. The smallest absolute Gasteiger partial charge is 0.188 e. The van der Waals surface area contributed by atoms with Crippen molar-refractivity contribution in [3.05, 3.63) is 23.8 Å². The molecule has 3 N–H and O–H groups in total. The van der Waals surface area contributed by atoms with Crippen LogP contribution in [0.4, 0.5) is 0 Å². The molecule has 1 aromatic carbocycles. The molecule has 0 fully saturated rings. The third-order valence-electron chi connectivity index (χ3n) is 3.52. The first-order chi connectivity index (χ1) is 10.0. The zero-order chi connectivity index (χ0) is 15.3. The highest BCUT2D eigenvalue weighted by Crippen LogP contribution is 2.35. The number of benzene rings is 1. The topological polar surface area (TPSA) is 68.9 Å². The van der Waals surface area contributed by atoms with Crippen molar-refractivity contribution >= 4 is 5.96 Å². The number of hydrogen-bond acceptors (Lipinski definition) is 3. The lowest BCUT2D eigenvalue weighted by atomic mass is 9.84. The number of ether oxygens (including phenoxy) is 2. The van der Waals surface area contributed by atoms with Gasteiger partial charge in [-0.1, -0.05) is 26.8 Å². The van der Waals surface area contributed by atoms with Gasteiger partial charge in [0.1, 0.15) is 13.2 Å². The molecule has 0 aliphatic carbocycles. The van der Waals surface area contributed by atoms with Crippen molar-refractivity contribution in [3.63, 3.8) is 0 Å². The van der Waals surface area contributed by atoms with Crippen LogP contribution >= 0.6 is 0 Å². The van der Waals surface area contributed by atoms with Gasteiger partial charge < -0.3 is 20.5 Å². The van der Waals surface area contributed by atoms with E-state index in [4.69, 9.17) is 15.2 Å². The van der Waals surface area contributed by atoms with Gasteiger partial charge in [-0.2, -0.15) is 0 Å². The normalized spacial score (nSPS) is 14.9. The number of guanidine groups is 1. The number of nitrogens with one attached hydrogen (secondary N) is 1. The van der Waals surface area contributed by atoms with Gasteiger partial charge in [0.25, 0.3) is 0 Å². The van der Waals surface area contributed by atoms with Gasteiger partial charge in [0.2, 0.25) is 0 Å². The lowest BCUT2D eigenvalue weighted by Gasteiger charge is -2.26. The Hall–Kier alpha value is -1.91. The van der Waals surface area contributed by atoms with Crippen LogP contribution in [0.1, 0.15) is 32.8 Å². The van der Waals surface area contributed by atoms with E-state index >= 15 is 0 Å². The van der Waals surface area contributed by atoms with E-state index in [0.29, 0.717) is 25.7 Å². The fraction of sp³-hybridized carbons (Fsp3) is 0.562. The van der Waals surface area contributed by atoms with Crippen molar-refractivity contribution in [1.82, 2.24) is 5.32 Å². The Morgan fingerprint density at radius 3 is 2.71 bits per heavy atom. The molecule has 21 heavy (non-hydrogen) atoms. The minimum atomic E-state index is -0.117. The molecule has 116 valence electrons. The van der Waals surface area contributed by atoms with E-state index in [1.54, 1.807) is 0 Å². The quantitative estimate of drug-likeness (QED) is 0.643. The maximum Gasteiger partial charge on any atom is 0.188 e. The summed E-state index contributed by atoms with van der Waals surface area (Å²) in [7, 11) is 0. The second-order valence-electron chi connectivity index (χ2n) is 5.87. The molecule has 0 saturated heterocycles. The third-order valence-corrected chi connectivity index (χ3v) is 3.52. The maximum absolute atomic E-state index is 5.85. The van der Waals surface area contributed by atoms with Crippen LogP contribution < -0.4 is 20.5 Å². The predicted molar refractivity (Wildman–Crippen MR) is 85.2 cm³/mol. The first-order valence-corrected chi connectivity index (χ1v) is 7.47. The Bertz CT molecular complexity index is 512. The summed E-state index contributed by atoms with van der Waals surface area (Å²) in [6, 6.07) is 6.08. The summed E-state index contributed by atoms with van der Waals surface area (Å²) < 4.78 is 11.2. The van der Waals surface area contributed by atoms with Crippen LogP contribution in [0.3, 0.4) is 0 Å². The highest BCUT2D eigenvalue weighted by molar-refractivity contribution is 5.77. The summed E-state index contributed by atoms with van der Waals surface area (Å²) >= 11 is 0. The van der Waals surface area contributed by atoms with Crippen molar-refractivity contribution in [1.29, 1.82) is 0 Å². The van der Waals surface area contributed by atoms with Gasteiger partial charge in [0, 0.05) is 12.0 Å². The van der Waals surface area contributed by atoms with Gasteiger partial charge in [-0.3, -0.25) is 4.99 Å². The summed E-state index contributed by atoms with van der Waals surface area (Å²) in [5.41, 5.74) is 6.90. The average molecular weight is 291 g/mol. The molecule has 0 saturated carbocycles. The molecule has 0 spiro atoms. The van der Waals surface area contributed by atoms with Crippen LogP contribution in [0.25, 0.3) is 0 Å². The van der Waals surface area contributed by atoms with E-state index in [1.807, 2.05) is 12.1 Å². The molecule has 0 amide bonds. The van der Waals surface area contributed by atoms with E-state index < -0.39 is 0 Å². The van der Waals surface area contributed by atoms with Crippen molar-refractivity contribution in [2.45, 2.75) is 32.6 Å². The van der Waals surface area contributed by atoms with Crippen LogP contribution in [-0.4, -0.2) is 32.3 Å². The van der Waals surface area contributed by atoms with E-state index in [-0.39, 0.29) is 5.41 Å². The number of nitrogens with two attached hydrogens (primary N) is 1. The Labute approximate surface area is 126 Å². The average Bonchev–Trinajstić information content (AvgIpc) is 2.50. The molecule has 0 aromatic heterocycles. The van der Waals surface area contributed by atoms with Crippen molar-refractivity contribution in [3.8, 4) is 11.5 Å². The molecule has 0 unspecified atom stereocenters. The molecular formula is C16H25N3O2. The summed E-state index contributed by atoms with van der Waals surface area (Å²) in [6.45, 7) is 9.07. The Morgan fingerprint density at radius 1 is 1.29 bits per heavy atom. The number of nitrogens with zero attached hydrogens (tertiary/aromatic N) is 1. The van der Waals surface area contributed by atoms with Crippen LogP contribution in [0.2, 0.25) is 0 Å². The van der Waals surface area contributed by atoms with Crippen molar-refractivity contribution in [2.24, 2.45) is 10.7 Å².